The Hall–Kier alpha value is -3.02. The number of ether oxygens (including phenoxy) is 2. The third kappa shape index (κ3) is 6.59. The van der Waals surface area contributed by atoms with Crippen LogP contribution < -0.4 is 15.0 Å². The van der Waals surface area contributed by atoms with Crippen LogP contribution in [0.2, 0.25) is 0 Å². The quantitative estimate of drug-likeness (QED) is 0.174. The Morgan fingerprint density at radius 1 is 1.05 bits per heavy atom. The van der Waals surface area contributed by atoms with E-state index in [0.717, 1.165) is 16.5 Å². The minimum absolute atomic E-state index is 0.201. The number of carboxylic acid groups (broad SMARTS) is 1. The molecule has 4 rings (SSSR count). The summed E-state index contributed by atoms with van der Waals surface area (Å²) in [6.45, 7) is 4.49. The van der Waals surface area contributed by atoms with Gasteiger partial charge in [0.2, 0.25) is 0 Å². The Balaban J connectivity index is 1.70. The van der Waals surface area contributed by atoms with Crippen molar-refractivity contribution in [1.82, 2.24) is 9.66 Å². The molecule has 0 unspecified atom stereocenters. The van der Waals surface area contributed by atoms with Crippen LogP contribution in [0.15, 0.2) is 71.8 Å². The third-order valence-electron chi connectivity index (χ3n) is 5.70. The first-order valence-electron chi connectivity index (χ1n) is 12.1. The number of fused-ring (bicyclic) bond motifs is 1. The highest BCUT2D eigenvalue weighted by atomic mass is 79.9. The van der Waals surface area contributed by atoms with Gasteiger partial charge >= 0.3 is 5.97 Å². The van der Waals surface area contributed by atoms with E-state index < -0.39 is 5.97 Å². The molecule has 0 bridgehead atoms. The molecular formula is C28H24Br3N3O5. The van der Waals surface area contributed by atoms with Crippen molar-refractivity contribution >= 4 is 70.9 Å². The van der Waals surface area contributed by atoms with Gasteiger partial charge in [-0.15, -0.1) is 0 Å². The van der Waals surface area contributed by atoms with Crippen molar-refractivity contribution in [2.45, 2.75) is 33.3 Å². The zero-order valence-corrected chi connectivity index (χ0v) is 25.8. The summed E-state index contributed by atoms with van der Waals surface area (Å²) < 4.78 is 15.3. The number of aromatic nitrogens is 2. The van der Waals surface area contributed by atoms with Crippen molar-refractivity contribution in [2.75, 3.05) is 6.61 Å². The number of benzene rings is 3. The molecule has 8 nitrogen and oxygen atoms in total. The molecule has 1 heterocycles. The summed E-state index contributed by atoms with van der Waals surface area (Å²) in [4.78, 5) is 29.1. The van der Waals surface area contributed by atoms with Crippen LogP contribution in [-0.2, 0) is 13.0 Å². The van der Waals surface area contributed by atoms with E-state index in [0.29, 0.717) is 55.8 Å². The number of nitrogens with zero attached hydrogens (tertiary/aromatic N) is 3. The van der Waals surface area contributed by atoms with Crippen LogP contribution in [0.3, 0.4) is 0 Å². The summed E-state index contributed by atoms with van der Waals surface area (Å²) in [5.41, 5.74) is 2.04. The average Bonchev–Trinajstić information content (AvgIpc) is 2.92. The first-order chi connectivity index (χ1) is 18.7. The second kappa shape index (κ2) is 12.9. The molecule has 0 saturated carbocycles. The van der Waals surface area contributed by atoms with Crippen LogP contribution >= 0.6 is 47.8 Å². The molecule has 11 heteroatoms. The number of aromatic carboxylic acids is 1. The van der Waals surface area contributed by atoms with E-state index in [2.05, 4.69) is 57.9 Å². The van der Waals surface area contributed by atoms with E-state index in [9.17, 15) is 9.59 Å². The zero-order valence-electron chi connectivity index (χ0n) is 21.1. The van der Waals surface area contributed by atoms with Crippen LogP contribution in [-0.4, -0.2) is 33.6 Å². The van der Waals surface area contributed by atoms with Gasteiger partial charge in [-0.1, -0.05) is 35.0 Å². The summed E-state index contributed by atoms with van der Waals surface area (Å²) in [5, 5.41) is 14.1. The molecule has 3 aromatic carbocycles. The maximum Gasteiger partial charge on any atom is 0.335 e. The van der Waals surface area contributed by atoms with E-state index in [1.165, 1.54) is 16.8 Å². The number of hydrogen-bond acceptors (Lipinski definition) is 6. The molecule has 202 valence electrons. The highest BCUT2D eigenvalue weighted by Crippen LogP contribution is 2.43. The van der Waals surface area contributed by atoms with Crippen molar-refractivity contribution in [2.24, 2.45) is 5.10 Å². The van der Waals surface area contributed by atoms with Gasteiger partial charge in [-0.2, -0.15) is 9.78 Å². The minimum Gasteiger partial charge on any atom is -0.490 e. The van der Waals surface area contributed by atoms with E-state index in [1.807, 2.05) is 26.0 Å². The first kappa shape index (κ1) is 29.0. The Kier molecular flexibility index (Phi) is 9.58. The summed E-state index contributed by atoms with van der Waals surface area (Å²) in [5.74, 6) is 0.547. The normalized spacial score (nSPS) is 11.3. The molecule has 0 spiro atoms. The lowest BCUT2D eigenvalue weighted by Gasteiger charge is -2.16. The maximum absolute atomic E-state index is 13.3. The van der Waals surface area contributed by atoms with Crippen molar-refractivity contribution in [3.8, 4) is 11.5 Å². The Morgan fingerprint density at radius 2 is 1.79 bits per heavy atom. The Morgan fingerprint density at radius 3 is 2.46 bits per heavy atom. The molecule has 0 aliphatic rings. The van der Waals surface area contributed by atoms with E-state index >= 15 is 0 Å². The first-order valence-corrected chi connectivity index (χ1v) is 14.5. The van der Waals surface area contributed by atoms with E-state index in [1.54, 1.807) is 30.5 Å². The van der Waals surface area contributed by atoms with Gasteiger partial charge in [-0.3, -0.25) is 4.79 Å². The second-order valence-electron chi connectivity index (χ2n) is 8.45. The molecule has 0 saturated heterocycles. The molecule has 1 aromatic heterocycles. The van der Waals surface area contributed by atoms with Crippen LogP contribution in [0, 0.1) is 0 Å². The van der Waals surface area contributed by atoms with Crippen LogP contribution in [0.4, 0.5) is 0 Å². The molecule has 0 aliphatic carbocycles. The van der Waals surface area contributed by atoms with Gasteiger partial charge in [-0.25, -0.2) is 9.78 Å². The van der Waals surface area contributed by atoms with Gasteiger partial charge in [0, 0.05) is 20.9 Å². The lowest BCUT2D eigenvalue weighted by atomic mass is 10.1. The van der Waals surface area contributed by atoms with Crippen LogP contribution in [0.25, 0.3) is 10.9 Å². The summed E-state index contributed by atoms with van der Waals surface area (Å²) >= 11 is 10.6. The largest absolute Gasteiger partial charge is 0.490 e. The van der Waals surface area contributed by atoms with Gasteiger partial charge in [0.25, 0.3) is 5.56 Å². The second-order valence-corrected chi connectivity index (χ2v) is 10.9. The SMILES string of the molecule is CCCc1nc2ccc(Br)cc2c(=O)n1N=Cc1cc(OCC)c(OCc2ccc(C(=O)O)cc2)c(Br)c1Br. The van der Waals surface area contributed by atoms with Gasteiger partial charge in [0.15, 0.2) is 11.5 Å². The number of halogens is 3. The standard InChI is InChI=1S/C28H24Br3N3O5/c1-3-5-23-33-21-11-10-19(29)13-20(21)27(35)34(23)32-14-18-12-22(38-4-2)26(25(31)24(18)30)39-15-16-6-8-17(9-7-16)28(36)37/h6-14H,3-5,15H2,1-2H3,(H,36,37). The molecule has 39 heavy (non-hydrogen) atoms. The monoisotopic (exact) mass is 719 g/mol. The lowest BCUT2D eigenvalue weighted by molar-refractivity contribution is 0.0697. The molecule has 0 atom stereocenters. The molecule has 4 aromatic rings. The highest BCUT2D eigenvalue weighted by Gasteiger charge is 2.18. The number of aryl methyl sites for hydroxylation is 1. The van der Waals surface area contributed by atoms with Gasteiger partial charge in [0.1, 0.15) is 12.4 Å². The van der Waals surface area contributed by atoms with Crippen molar-refractivity contribution in [3.05, 3.63) is 94.8 Å². The number of carboxylic acids is 1. The number of rotatable bonds is 10. The predicted octanol–water partition coefficient (Wildman–Crippen LogP) is 7.19. The molecule has 0 amide bonds. The summed E-state index contributed by atoms with van der Waals surface area (Å²) in [7, 11) is 0. The molecule has 0 fully saturated rings. The minimum atomic E-state index is -0.985. The highest BCUT2D eigenvalue weighted by molar-refractivity contribution is 9.13. The van der Waals surface area contributed by atoms with Crippen molar-refractivity contribution in [1.29, 1.82) is 0 Å². The summed E-state index contributed by atoms with van der Waals surface area (Å²) in [6, 6.07) is 13.7. The molecule has 0 radical (unpaired) electrons. The summed E-state index contributed by atoms with van der Waals surface area (Å²) in [6.07, 6.45) is 2.98. The maximum atomic E-state index is 13.3. The fourth-order valence-electron chi connectivity index (χ4n) is 3.81. The van der Waals surface area contributed by atoms with Crippen molar-refractivity contribution < 1.29 is 19.4 Å². The fraction of sp³-hybridized carbons (Fsp3) is 0.214. The van der Waals surface area contributed by atoms with Crippen molar-refractivity contribution in [3.63, 3.8) is 0 Å². The third-order valence-corrected chi connectivity index (χ3v) is 8.34. The number of hydrogen-bond donors (Lipinski definition) is 1. The lowest BCUT2D eigenvalue weighted by Crippen LogP contribution is -2.22. The van der Waals surface area contributed by atoms with Crippen LogP contribution in [0.5, 0.6) is 11.5 Å². The van der Waals surface area contributed by atoms with E-state index in [4.69, 9.17) is 14.6 Å². The predicted molar refractivity (Wildman–Crippen MR) is 161 cm³/mol. The smallest absolute Gasteiger partial charge is 0.335 e. The molecule has 0 aliphatic heterocycles. The number of carbonyl (C=O) groups is 1. The molecular weight excluding hydrogens is 698 g/mol. The van der Waals surface area contributed by atoms with Gasteiger partial charge in [-0.05, 0) is 87.2 Å². The van der Waals surface area contributed by atoms with E-state index in [-0.39, 0.29) is 17.7 Å². The van der Waals surface area contributed by atoms with Gasteiger partial charge < -0.3 is 14.6 Å². The Labute approximate surface area is 250 Å². The average molecular weight is 722 g/mol. The zero-order chi connectivity index (χ0) is 28.1. The Bertz CT molecular complexity index is 1620. The van der Waals surface area contributed by atoms with Gasteiger partial charge in [0.05, 0.1) is 33.8 Å². The van der Waals surface area contributed by atoms with Crippen LogP contribution in [0.1, 0.15) is 47.6 Å². The topological polar surface area (TPSA) is 103 Å². The fourth-order valence-corrected chi connectivity index (χ4v) is 5.11. The molecule has 1 N–H and O–H groups in total.